The molecule has 2 aromatic heterocycles. The smallest absolute Gasteiger partial charge is 0.330 e. The SMILES string of the molecule is CCCCCCCCCCCCCCCCCCCC(COP(O)OCC(CCc1ccc2c(N)ncnn12)OC)OCc1cc(Cl)cc(C#N)c1. The number of hydrogen-bond donors (Lipinski definition) is 2. The van der Waals surface area contributed by atoms with Crippen molar-refractivity contribution in [2.45, 2.75) is 154 Å². The summed E-state index contributed by atoms with van der Waals surface area (Å²) in [6.45, 7) is 2.95. The predicted octanol–water partition coefficient (Wildman–Crippen LogP) is 10.7. The summed E-state index contributed by atoms with van der Waals surface area (Å²) in [6.07, 6.45) is 25.6. The number of ether oxygens (including phenoxy) is 2. The molecular formula is C40H63ClN5O5P. The summed E-state index contributed by atoms with van der Waals surface area (Å²) in [7, 11) is -0.498. The lowest BCUT2D eigenvalue weighted by atomic mass is 10.0. The minimum Gasteiger partial charge on any atom is -0.382 e. The van der Waals surface area contributed by atoms with E-state index >= 15 is 0 Å². The molecule has 52 heavy (non-hydrogen) atoms. The molecule has 0 bridgehead atoms. The van der Waals surface area contributed by atoms with Gasteiger partial charge >= 0.3 is 8.60 Å². The highest BCUT2D eigenvalue weighted by Gasteiger charge is 2.18. The highest BCUT2D eigenvalue weighted by molar-refractivity contribution is 7.40. The zero-order chi connectivity index (χ0) is 37.2. The van der Waals surface area contributed by atoms with E-state index in [0.29, 0.717) is 35.9 Å². The molecule has 3 atom stereocenters. The number of rotatable bonds is 31. The first kappa shape index (κ1) is 44.0. The molecule has 0 aliphatic heterocycles. The second-order valence-electron chi connectivity index (χ2n) is 13.8. The van der Waals surface area contributed by atoms with Crippen LogP contribution in [0.25, 0.3) is 5.52 Å². The fourth-order valence-electron chi connectivity index (χ4n) is 6.43. The van der Waals surface area contributed by atoms with Crippen molar-refractivity contribution in [3.05, 3.63) is 58.5 Å². The summed E-state index contributed by atoms with van der Waals surface area (Å²) >= 11 is 6.22. The lowest BCUT2D eigenvalue weighted by molar-refractivity contribution is -0.00528. The number of halogens is 1. The van der Waals surface area contributed by atoms with Crippen molar-refractivity contribution < 1.29 is 23.4 Å². The molecule has 0 saturated carbocycles. The maximum absolute atomic E-state index is 10.6. The molecular weight excluding hydrogens is 697 g/mol. The van der Waals surface area contributed by atoms with E-state index in [2.05, 4.69) is 23.1 Å². The van der Waals surface area contributed by atoms with Crippen molar-refractivity contribution >= 4 is 31.5 Å². The lowest BCUT2D eigenvalue weighted by Crippen LogP contribution is -2.21. The molecule has 3 rings (SSSR count). The van der Waals surface area contributed by atoms with E-state index < -0.39 is 8.60 Å². The van der Waals surface area contributed by atoms with E-state index in [9.17, 15) is 10.2 Å². The van der Waals surface area contributed by atoms with Crippen molar-refractivity contribution in [2.75, 3.05) is 26.1 Å². The number of nitrogens with zero attached hydrogens (tertiary/aromatic N) is 4. The van der Waals surface area contributed by atoms with E-state index in [4.69, 9.17) is 35.9 Å². The number of anilines is 1. The van der Waals surface area contributed by atoms with Crippen molar-refractivity contribution in [3.63, 3.8) is 0 Å². The third-order valence-electron chi connectivity index (χ3n) is 9.56. The highest BCUT2D eigenvalue weighted by atomic mass is 35.5. The van der Waals surface area contributed by atoms with Gasteiger partial charge in [-0.2, -0.15) is 10.4 Å². The van der Waals surface area contributed by atoms with Gasteiger partial charge in [0.15, 0.2) is 5.82 Å². The van der Waals surface area contributed by atoms with Gasteiger partial charge in [0.2, 0.25) is 0 Å². The maximum atomic E-state index is 10.6. The van der Waals surface area contributed by atoms with Crippen LogP contribution < -0.4 is 5.73 Å². The van der Waals surface area contributed by atoms with Crippen LogP contribution in [0.2, 0.25) is 5.02 Å². The molecule has 3 N–H and O–H groups in total. The number of hydrogen-bond acceptors (Lipinski definition) is 9. The van der Waals surface area contributed by atoms with Crippen molar-refractivity contribution in [3.8, 4) is 6.07 Å². The average molecular weight is 760 g/mol. The van der Waals surface area contributed by atoms with Gasteiger partial charge in [-0.1, -0.05) is 128 Å². The molecule has 10 nitrogen and oxygen atoms in total. The Morgan fingerprint density at radius 3 is 2.04 bits per heavy atom. The van der Waals surface area contributed by atoms with Crippen molar-refractivity contribution in [2.24, 2.45) is 0 Å². The zero-order valence-electron chi connectivity index (χ0n) is 31.7. The number of fused-ring (bicyclic) bond motifs is 1. The monoisotopic (exact) mass is 759 g/mol. The Morgan fingerprint density at radius 2 is 1.44 bits per heavy atom. The summed E-state index contributed by atoms with van der Waals surface area (Å²) in [6, 6.07) is 11.2. The van der Waals surface area contributed by atoms with Gasteiger partial charge in [-0.05, 0) is 55.2 Å². The Kier molecular flexibility index (Phi) is 23.1. The first-order valence-corrected chi connectivity index (χ1v) is 21.1. The zero-order valence-corrected chi connectivity index (χ0v) is 33.3. The summed E-state index contributed by atoms with van der Waals surface area (Å²) in [5.41, 5.74) is 9.03. The molecule has 3 unspecified atom stereocenters. The highest BCUT2D eigenvalue weighted by Crippen LogP contribution is 2.34. The number of nitriles is 1. The summed E-state index contributed by atoms with van der Waals surface area (Å²) < 4.78 is 25.1. The molecule has 3 aromatic rings. The average Bonchev–Trinajstić information content (AvgIpc) is 3.57. The third kappa shape index (κ3) is 18.1. The number of methoxy groups -OCH3 is 1. The van der Waals surface area contributed by atoms with Crippen LogP contribution in [0.15, 0.2) is 36.7 Å². The summed E-state index contributed by atoms with van der Waals surface area (Å²) in [5, 5.41) is 14.1. The predicted molar refractivity (Wildman–Crippen MR) is 211 cm³/mol. The molecule has 0 aliphatic rings. The normalized spacial score (nSPS) is 13.4. The van der Waals surface area contributed by atoms with Gasteiger partial charge in [0, 0.05) is 17.8 Å². The minimum absolute atomic E-state index is 0.184. The Morgan fingerprint density at radius 1 is 0.846 bits per heavy atom. The third-order valence-corrected chi connectivity index (χ3v) is 10.5. The van der Waals surface area contributed by atoms with Crippen LogP contribution >= 0.6 is 20.2 Å². The summed E-state index contributed by atoms with van der Waals surface area (Å²) in [4.78, 5) is 14.6. The quantitative estimate of drug-likeness (QED) is 0.0485. The molecule has 0 spiro atoms. The van der Waals surface area contributed by atoms with Gasteiger partial charge in [-0.15, -0.1) is 0 Å². The fourth-order valence-corrected chi connectivity index (χ4v) is 7.35. The molecule has 12 heteroatoms. The van der Waals surface area contributed by atoms with E-state index in [0.717, 1.165) is 36.0 Å². The number of nitrogens with two attached hydrogens (primary N) is 1. The number of aromatic nitrogens is 3. The van der Waals surface area contributed by atoms with Gasteiger partial charge in [-0.25, -0.2) is 9.50 Å². The molecule has 0 fully saturated rings. The lowest BCUT2D eigenvalue weighted by Gasteiger charge is -2.21. The maximum Gasteiger partial charge on any atom is 0.330 e. The first-order chi connectivity index (χ1) is 25.4. The van der Waals surface area contributed by atoms with Crippen molar-refractivity contribution in [1.29, 1.82) is 5.26 Å². The van der Waals surface area contributed by atoms with Gasteiger partial charge in [-0.3, -0.25) is 0 Å². The van der Waals surface area contributed by atoms with Gasteiger partial charge in [0.25, 0.3) is 0 Å². The molecule has 2 heterocycles. The molecule has 0 radical (unpaired) electrons. The van der Waals surface area contributed by atoms with Crippen LogP contribution in [0.4, 0.5) is 5.82 Å². The second-order valence-corrected chi connectivity index (χ2v) is 15.3. The van der Waals surface area contributed by atoms with Crippen LogP contribution in [-0.2, 0) is 31.5 Å². The Labute approximate surface area is 318 Å². The van der Waals surface area contributed by atoms with Crippen LogP contribution in [0, 0.1) is 11.3 Å². The molecule has 0 amide bonds. The second kappa shape index (κ2) is 27.3. The Balaban J connectivity index is 1.33. The first-order valence-electron chi connectivity index (χ1n) is 19.6. The number of unbranched alkanes of at least 4 members (excludes halogenated alkanes) is 16. The van der Waals surface area contributed by atoms with Crippen LogP contribution in [0.3, 0.4) is 0 Å². The Bertz CT molecular complexity index is 1420. The van der Waals surface area contributed by atoms with Gasteiger partial charge in [0.1, 0.15) is 11.8 Å². The van der Waals surface area contributed by atoms with Gasteiger partial charge < -0.3 is 29.1 Å². The summed E-state index contributed by atoms with van der Waals surface area (Å²) in [5.74, 6) is 0.433. The topological polar surface area (TPSA) is 137 Å². The largest absolute Gasteiger partial charge is 0.382 e. The molecule has 0 aliphatic carbocycles. The van der Waals surface area contributed by atoms with E-state index in [1.165, 1.54) is 103 Å². The van der Waals surface area contributed by atoms with E-state index in [-0.39, 0.29) is 25.4 Å². The number of aryl methyl sites for hydroxylation is 1. The van der Waals surface area contributed by atoms with Gasteiger partial charge in [0.05, 0.1) is 43.7 Å². The number of benzene rings is 1. The molecule has 0 saturated heterocycles. The van der Waals surface area contributed by atoms with Crippen molar-refractivity contribution in [1.82, 2.24) is 14.6 Å². The van der Waals surface area contributed by atoms with Crippen LogP contribution in [0.1, 0.15) is 146 Å². The van der Waals surface area contributed by atoms with Crippen LogP contribution in [-0.4, -0.2) is 52.0 Å². The van der Waals surface area contributed by atoms with Crippen LogP contribution in [0.5, 0.6) is 0 Å². The number of nitrogen functional groups attached to an aromatic ring is 1. The molecule has 290 valence electrons. The molecule has 1 aromatic carbocycles. The van der Waals surface area contributed by atoms with E-state index in [1.807, 2.05) is 18.2 Å². The fraction of sp³-hybridized carbons (Fsp3) is 0.675. The minimum atomic E-state index is -2.12. The standard InChI is InChI=1S/C40H63ClN5O5P/c1-3-4-5-6-7-8-9-10-11-12-13-14-15-16-17-18-19-20-38(49-29-34-25-33(28-42)26-35(41)27-34)31-51-52(47)50-30-37(48-2)23-21-36-22-24-39-40(43)44-32-45-46(36)39/h22,24-27,32,37-38,47H,3-21,23,29-31H2,1-2H3,(H2,43,44,45). The Hall–Kier alpha value is -2.35. The van der Waals surface area contributed by atoms with E-state index in [1.54, 1.807) is 23.8 Å².